The lowest BCUT2D eigenvalue weighted by atomic mass is 9.96. The van der Waals surface area contributed by atoms with Gasteiger partial charge in [0.2, 0.25) is 0 Å². The number of Topliss-reactive ketones (excluding diaryl/α,β-unsaturated/α-hetero) is 1. The van der Waals surface area contributed by atoms with E-state index in [1.807, 2.05) is 32.0 Å². The van der Waals surface area contributed by atoms with Crippen molar-refractivity contribution in [1.29, 1.82) is 0 Å². The number of ketones is 1. The van der Waals surface area contributed by atoms with Gasteiger partial charge in [-0.1, -0.05) is 17.7 Å². The van der Waals surface area contributed by atoms with Crippen molar-refractivity contribution in [3.05, 3.63) is 34.9 Å². The molecule has 0 aliphatic heterocycles. The number of aryl methyl sites for hydroxylation is 2. The summed E-state index contributed by atoms with van der Waals surface area (Å²) in [6.07, 6.45) is 0.506. The van der Waals surface area contributed by atoms with Gasteiger partial charge in [0.15, 0.2) is 5.78 Å². The molecule has 2 N–H and O–H groups in total. The minimum absolute atomic E-state index is 0.0197. The first-order valence-corrected chi connectivity index (χ1v) is 7.02. The Labute approximate surface area is 125 Å². The van der Waals surface area contributed by atoms with Gasteiger partial charge in [-0.2, -0.15) is 0 Å². The first-order chi connectivity index (χ1) is 9.99. The van der Waals surface area contributed by atoms with Gasteiger partial charge in [-0.25, -0.2) is 0 Å². The summed E-state index contributed by atoms with van der Waals surface area (Å²) in [4.78, 5) is 24.1. The molecule has 0 aliphatic carbocycles. The lowest BCUT2D eigenvalue weighted by Crippen LogP contribution is -2.40. The summed E-state index contributed by atoms with van der Waals surface area (Å²) in [5, 5.41) is 11.8. The molecule has 0 spiro atoms. The van der Waals surface area contributed by atoms with Crippen molar-refractivity contribution < 1.29 is 19.4 Å². The number of hydrogen-bond acceptors (Lipinski definition) is 5. The fourth-order valence-corrected chi connectivity index (χ4v) is 2.05. The number of aliphatic hydroxyl groups is 1. The predicted octanol–water partition coefficient (Wildman–Crippen LogP) is 1.39. The average Bonchev–Trinajstić information content (AvgIpc) is 2.48. The number of aliphatic hydroxyl groups excluding tert-OH is 1. The van der Waals surface area contributed by atoms with Crippen LogP contribution in [-0.2, 0) is 9.53 Å². The van der Waals surface area contributed by atoms with E-state index in [1.165, 1.54) is 7.11 Å². The topological polar surface area (TPSA) is 75.6 Å². The second kappa shape index (κ2) is 8.54. The SMILES string of the molecule is COC(=O)CC(NCCCO)C(=O)c1cc(C)ccc1C. The molecule has 0 bridgehead atoms. The van der Waals surface area contributed by atoms with Crippen molar-refractivity contribution in [3.8, 4) is 0 Å². The summed E-state index contributed by atoms with van der Waals surface area (Å²) in [5.74, 6) is -0.560. The molecular weight excluding hydrogens is 270 g/mol. The van der Waals surface area contributed by atoms with Crippen LogP contribution in [0, 0.1) is 13.8 Å². The zero-order valence-electron chi connectivity index (χ0n) is 12.8. The monoisotopic (exact) mass is 293 g/mol. The van der Waals surface area contributed by atoms with Crippen LogP contribution in [0.4, 0.5) is 0 Å². The van der Waals surface area contributed by atoms with Crippen LogP contribution in [0.1, 0.15) is 34.3 Å². The Morgan fingerprint density at radius 3 is 2.67 bits per heavy atom. The van der Waals surface area contributed by atoms with E-state index in [-0.39, 0.29) is 18.8 Å². The number of ether oxygens (including phenoxy) is 1. The van der Waals surface area contributed by atoms with Crippen molar-refractivity contribution in [2.45, 2.75) is 32.7 Å². The highest BCUT2D eigenvalue weighted by Crippen LogP contribution is 2.14. The molecule has 5 nitrogen and oxygen atoms in total. The molecule has 0 saturated heterocycles. The Bertz CT molecular complexity index is 499. The van der Waals surface area contributed by atoms with Gasteiger partial charge in [-0.3, -0.25) is 9.59 Å². The number of benzene rings is 1. The van der Waals surface area contributed by atoms with Crippen molar-refractivity contribution in [1.82, 2.24) is 5.32 Å². The highest BCUT2D eigenvalue weighted by Gasteiger charge is 2.24. The summed E-state index contributed by atoms with van der Waals surface area (Å²) >= 11 is 0. The van der Waals surface area contributed by atoms with E-state index < -0.39 is 12.0 Å². The number of hydrogen-bond donors (Lipinski definition) is 2. The molecule has 5 heteroatoms. The Morgan fingerprint density at radius 2 is 2.05 bits per heavy atom. The smallest absolute Gasteiger partial charge is 0.307 e. The summed E-state index contributed by atoms with van der Waals surface area (Å²) < 4.78 is 4.65. The van der Waals surface area contributed by atoms with E-state index >= 15 is 0 Å². The Morgan fingerprint density at radius 1 is 1.33 bits per heavy atom. The van der Waals surface area contributed by atoms with Crippen molar-refractivity contribution >= 4 is 11.8 Å². The minimum atomic E-state index is -0.635. The van der Waals surface area contributed by atoms with Gasteiger partial charge in [0.05, 0.1) is 19.6 Å². The molecule has 1 aromatic rings. The molecule has 0 aromatic heterocycles. The van der Waals surface area contributed by atoms with Gasteiger partial charge < -0.3 is 15.2 Å². The van der Waals surface area contributed by atoms with E-state index in [0.29, 0.717) is 18.5 Å². The summed E-state index contributed by atoms with van der Waals surface area (Å²) in [7, 11) is 1.30. The van der Waals surface area contributed by atoms with Gasteiger partial charge in [-0.15, -0.1) is 0 Å². The molecule has 0 amide bonds. The zero-order valence-corrected chi connectivity index (χ0v) is 12.8. The Kier molecular flexibility index (Phi) is 7.05. The standard InChI is InChI=1S/C16H23NO4/c1-11-5-6-12(2)13(9-11)16(20)14(10-15(19)21-3)17-7-4-8-18/h5-6,9,14,17-18H,4,7-8,10H2,1-3H3. The van der Waals surface area contributed by atoms with Crippen LogP contribution in [-0.4, -0.2) is 43.2 Å². The maximum atomic E-state index is 12.6. The highest BCUT2D eigenvalue weighted by molar-refractivity contribution is 6.03. The average molecular weight is 293 g/mol. The molecular formula is C16H23NO4. The summed E-state index contributed by atoms with van der Waals surface area (Å²) in [5.41, 5.74) is 2.49. The molecule has 0 saturated carbocycles. The van der Waals surface area contributed by atoms with Gasteiger partial charge in [0, 0.05) is 12.2 Å². The molecule has 1 atom stereocenters. The van der Waals surface area contributed by atoms with Crippen molar-refractivity contribution in [3.63, 3.8) is 0 Å². The van der Waals surface area contributed by atoms with Crippen LogP contribution in [0.2, 0.25) is 0 Å². The predicted molar refractivity (Wildman–Crippen MR) is 80.4 cm³/mol. The Hall–Kier alpha value is -1.72. The minimum Gasteiger partial charge on any atom is -0.469 e. The lowest BCUT2D eigenvalue weighted by Gasteiger charge is -2.18. The van der Waals surface area contributed by atoms with Gasteiger partial charge >= 0.3 is 5.97 Å². The van der Waals surface area contributed by atoms with Crippen LogP contribution in [0.5, 0.6) is 0 Å². The molecule has 0 heterocycles. The number of carbonyl (C=O) groups excluding carboxylic acids is 2. The quantitative estimate of drug-likeness (QED) is 0.430. The van der Waals surface area contributed by atoms with Crippen LogP contribution in [0.3, 0.4) is 0 Å². The third-order valence-electron chi connectivity index (χ3n) is 3.30. The maximum absolute atomic E-state index is 12.6. The lowest BCUT2D eigenvalue weighted by molar-refractivity contribution is -0.140. The number of nitrogens with one attached hydrogen (secondary N) is 1. The fourth-order valence-electron chi connectivity index (χ4n) is 2.05. The zero-order chi connectivity index (χ0) is 15.8. The summed E-state index contributed by atoms with van der Waals surface area (Å²) in [6.45, 7) is 4.30. The van der Waals surface area contributed by atoms with E-state index in [1.54, 1.807) is 0 Å². The van der Waals surface area contributed by atoms with Crippen LogP contribution in [0.15, 0.2) is 18.2 Å². The maximum Gasteiger partial charge on any atom is 0.307 e. The molecule has 21 heavy (non-hydrogen) atoms. The van der Waals surface area contributed by atoms with Crippen LogP contribution in [0.25, 0.3) is 0 Å². The Balaban J connectivity index is 2.91. The van der Waals surface area contributed by atoms with Crippen molar-refractivity contribution in [2.75, 3.05) is 20.3 Å². The van der Waals surface area contributed by atoms with E-state index in [2.05, 4.69) is 10.1 Å². The fraction of sp³-hybridized carbons (Fsp3) is 0.500. The number of rotatable bonds is 8. The molecule has 0 fully saturated rings. The first kappa shape index (κ1) is 17.3. The van der Waals surface area contributed by atoms with E-state index in [9.17, 15) is 9.59 Å². The van der Waals surface area contributed by atoms with Crippen molar-refractivity contribution in [2.24, 2.45) is 0 Å². The molecule has 0 aliphatic rings. The molecule has 0 radical (unpaired) electrons. The highest BCUT2D eigenvalue weighted by atomic mass is 16.5. The molecule has 116 valence electrons. The van der Waals surface area contributed by atoms with Gasteiger partial charge in [-0.05, 0) is 38.4 Å². The van der Waals surface area contributed by atoms with Gasteiger partial charge in [0.1, 0.15) is 0 Å². The van der Waals surface area contributed by atoms with Crippen LogP contribution >= 0.6 is 0 Å². The second-order valence-electron chi connectivity index (χ2n) is 5.05. The summed E-state index contributed by atoms with van der Waals surface area (Å²) in [6, 6.07) is 5.03. The van der Waals surface area contributed by atoms with Crippen LogP contribution < -0.4 is 5.32 Å². The third-order valence-corrected chi connectivity index (χ3v) is 3.30. The molecule has 1 aromatic carbocycles. The molecule has 1 rings (SSSR count). The number of carbonyl (C=O) groups is 2. The second-order valence-corrected chi connectivity index (χ2v) is 5.05. The van der Waals surface area contributed by atoms with Gasteiger partial charge in [0.25, 0.3) is 0 Å². The van der Waals surface area contributed by atoms with E-state index in [4.69, 9.17) is 5.11 Å². The normalized spacial score (nSPS) is 12.0. The van der Waals surface area contributed by atoms with E-state index in [0.717, 1.165) is 11.1 Å². The number of esters is 1. The third kappa shape index (κ3) is 5.28. The molecule has 1 unspecified atom stereocenters. The number of methoxy groups -OCH3 is 1. The largest absolute Gasteiger partial charge is 0.469 e. The first-order valence-electron chi connectivity index (χ1n) is 7.02.